The van der Waals surface area contributed by atoms with Gasteiger partial charge in [-0.25, -0.2) is 0 Å². The first-order valence-corrected chi connectivity index (χ1v) is 10.0. The van der Waals surface area contributed by atoms with Gasteiger partial charge in [0.25, 0.3) is 0 Å². The van der Waals surface area contributed by atoms with Crippen molar-refractivity contribution < 1.29 is 7.53 Å². The van der Waals surface area contributed by atoms with Crippen molar-refractivity contribution in [2.24, 2.45) is 0 Å². The van der Waals surface area contributed by atoms with Crippen molar-refractivity contribution in [3.63, 3.8) is 0 Å². The minimum atomic E-state index is -2.61. The van der Waals surface area contributed by atoms with Gasteiger partial charge in [0.15, 0.2) is 0 Å². The van der Waals surface area contributed by atoms with Crippen LogP contribution in [0.3, 0.4) is 0 Å². The summed E-state index contributed by atoms with van der Waals surface area (Å²) in [6.45, 7) is 2.41. The van der Waals surface area contributed by atoms with Crippen molar-refractivity contribution >= 4 is 14.2 Å². The molecule has 88 valence electrons. The Bertz CT molecular complexity index is 179. The summed E-state index contributed by atoms with van der Waals surface area (Å²) in [6, 6.07) is 0. The molecule has 3 nitrogen and oxygen atoms in total. The molecule has 0 N–H and O–H groups in total. The fourth-order valence-corrected chi connectivity index (χ4v) is 11.5. The first-order valence-electron chi connectivity index (χ1n) is 6.19. The van der Waals surface area contributed by atoms with E-state index in [2.05, 4.69) is 3.86 Å². The molecule has 0 spiro atoms. The Hall–Kier alpha value is 0.423. The number of hydrogen-bond donors (Lipinski definition) is 0. The van der Waals surface area contributed by atoms with Crippen molar-refractivity contribution in [1.29, 1.82) is 0 Å². The summed E-state index contributed by atoms with van der Waals surface area (Å²) < 4.78 is 15.2. The molecule has 2 fully saturated rings. The van der Waals surface area contributed by atoms with Gasteiger partial charge >= 0.3 is 96.1 Å². The van der Waals surface area contributed by atoms with Gasteiger partial charge in [0.2, 0.25) is 0 Å². The van der Waals surface area contributed by atoms with Crippen molar-refractivity contribution in [3.8, 4) is 0 Å². The monoisotopic (exact) mass is 275 g/mol. The summed E-state index contributed by atoms with van der Waals surface area (Å²) >= 11 is -2.61. The first-order chi connectivity index (χ1) is 7.33. The maximum absolute atomic E-state index is 5.95. The predicted octanol–water partition coefficient (Wildman–Crippen LogP) is 2.26. The van der Waals surface area contributed by atoms with Crippen LogP contribution in [0.2, 0.25) is 4.75 Å². The van der Waals surface area contributed by atoms with E-state index in [0.29, 0.717) is 0 Å². The molecule has 1 saturated carbocycles. The summed E-state index contributed by atoms with van der Waals surface area (Å²) in [5.74, 6) is 0. The zero-order valence-corrected chi connectivity index (χ0v) is 12.1. The average molecular weight is 274 g/mol. The van der Waals surface area contributed by atoms with E-state index in [1.807, 2.05) is 14.2 Å². The Kier molecular flexibility index (Phi) is 4.10. The molecule has 1 aliphatic carbocycles. The summed E-state index contributed by atoms with van der Waals surface area (Å²) in [4.78, 5) is 0. The zero-order chi connectivity index (χ0) is 10.7. The molecule has 15 heavy (non-hydrogen) atoms. The standard InChI is InChI=1S/C11H23GeNO2/c1-14-12(15-2,11-7-3-4-8-11)13-9-5-6-10-13/h11H,3-10H2,1-2H3. The van der Waals surface area contributed by atoms with Crippen molar-refractivity contribution in [2.75, 3.05) is 27.3 Å². The quantitative estimate of drug-likeness (QED) is 0.734. The van der Waals surface area contributed by atoms with Crippen LogP contribution in [0.4, 0.5) is 0 Å². The van der Waals surface area contributed by atoms with Gasteiger partial charge < -0.3 is 0 Å². The van der Waals surface area contributed by atoms with Gasteiger partial charge in [-0.1, -0.05) is 0 Å². The van der Waals surface area contributed by atoms with Gasteiger partial charge in [-0.2, -0.15) is 0 Å². The van der Waals surface area contributed by atoms with Crippen LogP contribution in [0.25, 0.3) is 0 Å². The molecule has 0 aromatic carbocycles. The van der Waals surface area contributed by atoms with E-state index in [4.69, 9.17) is 7.53 Å². The molecule has 0 amide bonds. The number of rotatable bonds is 4. The fourth-order valence-electron chi connectivity index (χ4n) is 3.25. The summed E-state index contributed by atoms with van der Waals surface area (Å²) in [6.07, 6.45) is 8.06. The van der Waals surface area contributed by atoms with Crippen LogP contribution in [0.5, 0.6) is 0 Å². The van der Waals surface area contributed by atoms with Crippen LogP contribution in [-0.2, 0) is 7.53 Å². The number of nitrogens with zero attached hydrogens (tertiary/aromatic N) is 1. The third kappa shape index (κ3) is 2.12. The van der Waals surface area contributed by atoms with Crippen LogP contribution >= 0.6 is 0 Å². The summed E-state index contributed by atoms with van der Waals surface area (Å²) in [5.41, 5.74) is 0. The second-order valence-electron chi connectivity index (χ2n) is 4.71. The van der Waals surface area contributed by atoms with Gasteiger partial charge in [-0.15, -0.1) is 0 Å². The molecule has 2 aliphatic rings. The third-order valence-electron chi connectivity index (χ3n) is 4.00. The molecule has 4 heteroatoms. The van der Waals surface area contributed by atoms with Gasteiger partial charge in [0, 0.05) is 0 Å². The SMILES string of the molecule is C[O][Ge]([O]C)([CH]1CCCC1)[N]1CCCC1. The van der Waals surface area contributed by atoms with E-state index in [0.717, 1.165) is 4.75 Å². The van der Waals surface area contributed by atoms with E-state index in [9.17, 15) is 0 Å². The molecule has 2 rings (SSSR count). The zero-order valence-electron chi connectivity index (χ0n) is 10.00. The second-order valence-corrected chi connectivity index (χ2v) is 12.1. The van der Waals surface area contributed by atoms with E-state index < -0.39 is 14.2 Å². The Morgan fingerprint density at radius 1 is 0.933 bits per heavy atom. The summed E-state index contributed by atoms with van der Waals surface area (Å²) in [5, 5.41) is 0. The van der Waals surface area contributed by atoms with Crippen molar-refractivity contribution in [1.82, 2.24) is 3.86 Å². The van der Waals surface area contributed by atoms with E-state index in [1.165, 1.54) is 51.6 Å². The van der Waals surface area contributed by atoms with Crippen LogP contribution in [-0.4, -0.2) is 45.3 Å². The second kappa shape index (κ2) is 5.17. The van der Waals surface area contributed by atoms with Crippen LogP contribution in [0.1, 0.15) is 38.5 Å². The Labute approximate surface area is 96.4 Å². The molecule has 0 unspecified atom stereocenters. The van der Waals surface area contributed by atoms with Gasteiger partial charge in [-0.05, 0) is 0 Å². The van der Waals surface area contributed by atoms with Crippen molar-refractivity contribution in [2.45, 2.75) is 43.3 Å². The molecule has 1 saturated heterocycles. The van der Waals surface area contributed by atoms with Crippen LogP contribution < -0.4 is 0 Å². The molecule has 0 aromatic rings. The van der Waals surface area contributed by atoms with E-state index in [-0.39, 0.29) is 0 Å². The first kappa shape index (κ1) is 11.9. The average Bonchev–Trinajstić information content (AvgIpc) is 2.92. The molecule has 0 radical (unpaired) electrons. The minimum absolute atomic E-state index is 0.748. The molecular formula is C11H23GeNO2. The molecule has 0 bridgehead atoms. The maximum atomic E-state index is 5.95. The molecule has 1 aliphatic heterocycles. The summed E-state index contributed by atoms with van der Waals surface area (Å²) in [7, 11) is 3.75. The topological polar surface area (TPSA) is 21.7 Å². The van der Waals surface area contributed by atoms with E-state index in [1.54, 1.807) is 0 Å². The normalized spacial score (nSPS) is 25.2. The number of hydrogen-bond acceptors (Lipinski definition) is 3. The molecule has 1 heterocycles. The van der Waals surface area contributed by atoms with E-state index >= 15 is 0 Å². The molecule has 0 aromatic heterocycles. The van der Waals surface area contributed by atoms with Gasteiger partial charge in [-0.3, -0.25) is 0 Å². The Balaban J connectivity index is 2.13. The van der Waals surface area contributed by atoms with Crippen molar-refractivity contribution in [3.05, 3.63) is 0 Å². The third-order valence-corrected chi connectivity index (χ3v) is 12.6. The molecule has 0 atom stereocenters. The molecular weight excluding hydrogens is 251 g/mol. The van der Waals surface area contributed by atoms with Crippen LogP contribution in [0.15, 0.2) is 0 Å². The van der Waals surface area contributed by atoms with Gasteiger partial charge in [0.1, 0.15) is 0 Å². The predicted molar refractivity (Wildman–Crippen MR) is 62.8 cm³/mol. The van der Waals surface area contributed by atoms with Gasteiger partial charge in [0.05, 0.1) is 0 Å². The fraction of sp³-hybridized carbons (Fsp3) is 1.00. The van der Waals surface area contributed by atoms with Crippen LogP contribution in [0, 0.1) is 0 Å². The Morgan fingerprint density at radius 3 is 1.93 bits per heavy atom. The Morgan fingerprint density at radius 2 is 1.47 bits per heavy atom.